The summed E-state index contributed by atoms with van der Waals surface area (Å²) in [5.74, 6) is -1.28. The summed E-state index contributed by atoms with van der Waals surface area (Å²) in [6.45, 7) is 10.6. The number of ether oxygens (including phenoxy) is 1. The van der Waals surface area contributed by atoms with Gasteiger partial charge in [0, 0.05) is 6.92 Å². The zero-order chi connectivity index (χ0) is 15.9. The lowest BCUT2D eigenvalue weighted by Gasteiger charge is -2.26. The molecule has 0 saturated heterocycles. The first kappa shape index (κ1) is 18.4. The molecule has 0 fully saturated rings. The number of carbonyl (C=O) groups excluding carboxylic acids is 3. The summed E-state index contributed by atoms with van der Waals surface area (Å²) in [4.78, 5) is 35.2. The summed E-state index contributed by atoms with van der Waals surface area (Å²) in [6, 6.07) is -1.37. The molecule has 0 aromatic heterocycles. The van der Waals surface area contributed by atoms with Crippen molar-refractivity contribution in [2.45, 2.75) is 53.6 Å². The van der Waals surface area contributed by atoms with Crippen LogP contribution in [0.3, 0.4) is 0 Å². The van der Waals surface area contributed by atoms with Gasteiger partial charge < -0.3 is 15.4 Å². The predicted octanol–water partition coefficient (Wildman–Crippen LogP) is 0.851. The molecule has 6 nitrogen and oxygen atoms in total. The van der Waals surface area contributed by atoms with Gasteiger partial charge in [0.1, 0.15) is 12.1 Å². The van der Waals surface area contributed by atoms with Gasteiger partial charge in [-0.25, -0.2) is 4.79 Å². The molecule has 0 aromatic rings. The Hall–Kier alpha value is -1.59. The molecule has 0 rings (SSSR count). The highest BCUT2D eigenvalue weighted by Gasteiger charge is 2.30. The van der Waals surface area contributed by atoms with Crippen molar-refractivity contribution in [3.63, 3.8) is 0 Å². The largest absolute Gasteiger partial charge is 0.464 e. The Bertz CT molecular complexity index is 353. The van der Waals surface area contributed by atoms with E-state index in [0.29, 0.717) is 0 Å². The maximum Gasteiger partial charge on any atom is 0.328 e. The lowest BCUT2D eigenvalue weighted by Crippen LogP contribution is -2.54. The minimum absolute atomic E-state index is 0.0751. The van der Waals surface area contributed by atoms with Crippen LogP contribution < -0.4 is 10.6 Å². The second-order valence-electron chi connectivity index (χ2n) is 5.40. The van der Waals surface area contributed by atoms with Crippen molar-refractivity contribution in [3.05, 3.63) is 0 Å². The fraction of sp³-hybridized carbons (Fsp3) is 0.786. The Kier molecular flexibility index (Phi) is 7.87. The summed E-state index contributed by atoms with van der Waals surface area (Å²) in [5.41, 5.74) is 0. The van der Waals surface area contributed by atoms with Gasteiger partial charge in [0.2, 0.25) is 11.8 Å². The van der Waals surface area contributed by atoms with Crippen LogP contribution in [0.1, 0.15) is 41.5 Å². The molecule has 2 atom stereocenters. The lowest BCUT2D eigenvalue weighted by molar-refractivity contribution is -0.149. The van der Waals surface area contributed by atoms with Crippen molar-refractivity contribution in [2.24, 2.45) is 11.8 Å². The van der Waals surface area contributed by atoms with Crippen molar-refractivity contribution >= 4 is 17.8 Å². The zero-order valence-electron chi connectivity index (χ0n) is 13.1. The fourth-order valence-corrected chi connectivity index (χ4v) is 1.73. The average molecular weight is 286 g/mol. The van der Waals surface area contributed by atoms with E-state index in [0.717, 1.165) is 0 Å². The Morgan fingerprint density at radius 2 is 1.45 bits per heavy atom. The summed E-state index contributed by atoms with van der Waals surface area (Å²) >= 11 is 0. The molecule has 0 saturated carbocycles. The highest BCUT2D eigenvalue weighted by atomic mass is 16.5. The smallest absolute Gasteiger partial charge is 0.328 e. The third-order valence-electron chi connectivity index (χ3n) is 2.81. The molecule has 6 heteroatoms. The molecule has 2 N–H and O–H groups in total. The van der Waals surface area contributed by atoms with Crippen LogP contribution >= 0.6 is 0 Å². The highest BCUT2D eigenvalue weighted by molar-refractivity contribution is 5.90. The van der Waals surface area contributed by atoms with E-state index in [2.05, 4.69) is 10.6 Å². The fourth-order valence-electron chi connectivity index (χ4n) is 1.73. The average Bonchev–Trinajstić information content (AvgIpc) is 2.31. The summed E-state index contributed by atoms with van der Waals surface area (Å²) in [7, 11) is 0. The van der Waals surface area contributed by atoms with Crippen LogP contribution in [-0.4, -0.2) is 36.5 Å². The topological polar surface area (TPSA) is 84.5 Å². The third kappa shape index (κ3) is 6.04. The third-order valence-corrected chi connectivity index (χ3v) is 2.81. The Morgan fingerprint density at radius 1 is 0.950 bits per heavy atom. The van der Waals surface area contributed by atoms with Crippen LogP contribution in [0.2, 0.25) is 0 Å². The first-order valence-electron chi connectivity index (χ1n) is 6.94. The molecule has 20 heavy (non-hydrogen) atoms. The molecule has 0 unspecified atom stereocenters. The van der Waals surface area contributed by atoms with Gasteiger partial charge in [-0.1, -0.05) is 27.7 Å². The molecular formula is C14H26N2O4. The van der Waals surface area contributed by atoms with Crippen molar-refractivity contribution in [2.75, 3.05) is 6.61 Å². The second-order valence-corrected chi connectivity index (χ2v) is 5.40. The SMILES string of the molecule is CCOC(=O)[C@@H](NC(=O)[C@@H](NC(C)=O)C(C)C)C(C)C. The molecule has 116 valence electrons. The van der Waals surface area contributed by atoms with Gasteiger partial charge in [0.15, 0.2) is 0 Å². The van der Waals surface area contributed by atoms with Crippen LogP contribution in [0.4, 0.5) is 0 Å². The van der Waals surface area contributed by atoms with Gasteiger partial charge >= 0.3 is 5.97 Å². The first-order valence-corrected chi connectivity index (χ1v) is 6.94. The van der Waals surface area contributed by atoms with Crippen LogP contribution in [-0.2, 0) is 19.1 Å². The minimum Gasteiger partial charge on any atom is -0.464 e. The van der Waals surface area contributed by atoms with E-state index < -0.39 is 18.1 Å². The molecule has 0 aliphatic carbocycles. The van der Waals surface area contributed by atoms with Gasteiger partial charge in [-0.2, -0.15) is 0 Å². The van der Waals surface area contributed by atoms with Gasteiger partial charge in [-0.3, -0.25) is 9.59 Å². The number of rotatable bonds is 7. The van der Waals surface area contributed by atoms with Crippen LogP contribution in [0, 0.1) is 11.8 Å². The number of carbonyl (C=O) groups is 3. The molecule has 0 aliphatic rings. The predicted molar refractivity (Wildman–Crippen MR) is 75.8 cm³/mol. The van der Waals surface area contributed by atoms with Gasteiger partial charge in [0.25, 0.3) is 0 Å². The molecule has 0 bridgehead atoms. The maximum absolute atomic E-state index is 12.2. The van der Waals surface area contributed by atoms with Crippen LogP contribution in [0.25, 0.3) is 0 Å². The van der Waals surface area contributed by atoms with Crippen molar-refractivity contribution in [3.8, 4) is 0 Å². The number of hydrogen-bond acceptors (Lipinski definition) is 4. The highest BCUT2D eigenvalue weighted by Crippen LogP contribution is 2.07. The van der Waals surface area contributed by atoms with Crippen molar-refractivity contribution in [1.29, 1.82) is 0 Å². The Labute approximate surface area is 120 Å². The molecule has 0 heterocycles. The van der Waals surface area contributed by atoms with Crippen molar-refractivity contribution in [1.82, 2.24) is 10.6 Å². The number of hydrogen-bond donors (Lipinski definition) is 2. The zero-order valence-corrected chi connectivity index (χ0v) is 13.1. The molecule has 2 amide bonds. The van der Waals surface area contributed by atoms with E-state index >= 15 is 0 Å². The van der Waals surface area contributed by atoms with E-state index in [1.165, 1.54) is 6.92 Å². The van der Waals surface area contributed by atoms with Crippen LogP contribution in [0.5, 0.6) is 0 Å². The first-order chi connectivity index (χ1) is 9.20. The minimum atomic E-state index is -0.711. The normalized spacial score (nSPS) is 13.8. The van der Waals surface area contributed by atoms with E-state index in [-0.39, 0.29) is 30.3 Å². The van der Waals surface area contributed by atoms with E-state index in [4.69, 9.17) is 4.74 Å². The summed E-state index contributed by atoms with van der Waals surface area (Å²) in [6.07, 6.45) is 0. The molecule has 0 spiro atoms. The van der Waals surface area contributed by atoms with E-state index in [9.17, 15) is 14.4 Å². The number of esters is 1. The molecule has 0 radical (unpaired) electrons. The number of nitrogens with one attached hydrogen (secondary N) is 2. The molecule has 0 aromatic carbocycles. The van der Waals surface area contributed by atoms with E-state index in [1.807, 2.05) is 27.7 Å². The lowest BCUT2D eigenvalue weighted by atomic mass is 10.0. The summed E-state index contributed by atoms with van der Waals surface area (Å²) in [5, 5.41) is 5.25. The standard InChI is InChI=1S/C14H26N2O4/c1-7-20-14(19)12(9(4)5)16-13(18)11(8(2)3)15-10(6)17/h8-9,11-12H,7H2,1-6H3,(H,15,17)(H,16,18)/t11-,12-/m0/s1. The van der Waals surface area contributed by atoms with E-state index in [1.54, 1.807) is 6.92 Å². The molecule has 0 aliphatic heterocycles. The monoisotopic (exact) mass is 286 g/mol. The van der Waals surface area contributed by atoms with Crippen molar-refractivity contribution < 1.29 is 19.1 Å². The quantitative estimate of drug-likeness (QED) is 0.680. The van der Waals surface area contributed by atoms with Crippen LogP contribution in [0.15, 0.2) is 0 Å². The molecular weight excluding hydrogens is 260 g/mol. The second kappa shape index (κ2) is 8.55. The maximum atomic E-state index is 12.2. The van der Waals surface area contributed by atoms with Gasteiger partial charge in [0.05, 0.1) is 6.61 Å². The van der Waals surface area contributed by atoms with Gasteiger partial charge in [-0.15, -0.1) is 0 Å². The van der Waals surface area contributed by atoms with Gasteiger partial charge in [-0.05, 0) is 18.8 Å². The number of amides is 2. The Balaban J connectivity index is 4.87. The summed E-state index contributed by atoms with van der Waals surface area (Å²) < 4.78 is 4.95. The Morgan fingerprint density at radius 3 is 1.80 bits per heavy atom.